The fourth-order valence-corrected chi connectivity index (χ4v) is 9.18. The van der Waals surface area contributed by atoms with Gasteiger partial charge in [0.2, 0.25) is 5.91 Å². The number of aryl methyl sites for hydroxylation is 1. The molecule has 3 saturated carbocycles. The van der Waals surface area contributed by atoms with Crippen molar-refractivity contribution in [2.45, 2.75) is 111 Å². The van der Waals surface area contributed by atoms with Gasteiger partial charge in [-0.25, -0.2) is 14.8 Å². The molecule has 3 N–H and O–H groups in total. The molecule has 0 saturated heterocycles. The second-order valence-corrected chi connectivity index (χ2v) is 18.7. The molecule has 0 bridgehead atoms. The van der Waals surface area contributed by atoms with Crippen molar-refractivity contribution in [3.05, 3.63) is 46.3 Å². The molecule has 6 atom stereocenters. The highest BCUT2D eigenvalue weighted by Crippen LogP contribution is 2.57. The van der Waals surface area contributed by atoms with Crippen LogP contribution in [0.25, 0.3) is 22.3 Å². The van der Waals surface area contributed by atoms with Crippen LogP contribution in [-0.4, -0.2) is 62.9 Å². The van der Waals surface area contributed by atoms with Gasteiger partial charge in [0.05, 0.1) is 22.7 Å². The number of nitrogens with zero attached hydrogens (tertiary/aromatic N) is 2. The van der Waals surface area contributed by atoms with E-state index in [1.807, 2.05) is 39.8 Å². The summed E-state index contributed by atoms with van der Waals surface area (Å²) in [6.07, 6.45) is 4.01. The number of carboxylic acids is 1. The number of carbonyl (C=O) groups excluding carboxylic acids is 4. The molecule has 2 aromatic heterocycles. The molecule has 3 aliphatic carbocycles. The molecule has 0 aliphatic heterocycles. The number of thiazole rings is 1. The molecule has 2 amide bonds. The largest absolute Gasteiger partial charge is 0.490 e. The molecule has 3 aromatic rings. The van der Waals surface area contributed by atoms with Crippen LogP contribution in [0.5, 0.6) is 5.75 Å². The Morgan fingerprint density at radius 1 is 1.07 bits per heavy atom. The molecule has 0 spiro atoms. The van der Waals surface area contributed by atoms with Crippen molar-refractivity contribution in [1.29, 1.82) is 0 Å². The van der Waals surface area contributed by atoms with Crippen LogP contribution in [0.1, 0.15) is 91.5 Å². The number of aliphatic carboxylic acids is 1. The highest BCUT2D eigenvalue weighted by molar-refractivity contribution is 9.10. The van der Waals surface area contributed by atoms with Gasteiger partial charge < -0.3 is 25.2 Å². The molecular weight excluding hydrogens is 800 g/mol. The molecule has 300 valence electrons. The second kappa shape index (κ2) is 16.4. The first-order valence-electron chi connectivity index (χ1n) is 19.3. The number of alkyl carbamates (subject to hydrolysis) is 1. The number of halogens is 1. The normalized spacial score (nSPS) is 24.1. The molecule has 1 aromatic carbocycles. The molecule has 14 heteroatoms. The quantitative estimate of drug-likeness (QED) is 0.133. The molecule has 56 heavy (non-hydrogen) atoms. The number of Topliss-reactive ketones (excluding diaryl/α,β-unsaturated/α-hetero) is 2. The summed E-state index contributed by atoms with van der Waals surface area (Å²) in [6.45, 7) is 14.9. The smallest absolute Gasteiger partial charge is 0.408 e. The lowest BCUT2D eigenvalue weighted by Gasteiger charge is -2.33. The number of pyridine rings is 1. The van der Waals surface area contributed by atoms with Crippen molar-refractivity contribution in [2.75, 3.05) is 5.32 Å². The van der Waals surface area contributed by atoms with Crippen LogP contribution >= 0.6 is 27.3 Å². The maximum atomic E-state index is 14.7. The summed E-state index contributed by atoms with van der Waals surface area (Å²) in [7, 11) is 0. The fourth-order valence-electron chi connectivity index (χ4n) is 8.04. The number of anilines is 1. The zero-order valence-corrected chi connectivity index (χ0v) is 35.2. The van der Waals surface area contributed by atoms with Gasteiger partial charge in [-0.05, 0) is 90.8 Å². The molecule has 0 radical (unpaired) electrons. The van der Waals surface area contributed by atoms with Gasteiger partial charge in [-0.15, -0.1) is 17.9 Å². The van der Waals surface area contributed by atoms with E-state index < -0.39 is 46.9 Å². The van der Waals surface area contributed by atoms with Gasteiger partial charge in [-0.3, -0.25) is 19.2 Å². The number of hydrogen-bond acceptors (Lipinski definition) is 10. The number of aromatic nitrogens is 2. The third-order valence-electron chi connectivity index (χ3n) is 11.5. The van der Waals surface area contributed by atoms with E-state index in [1.54, 1.807) is 31.4 Å². The van der Waals surface area contributed by atoms with Crippen LogP contribution in [0.2, 0.25) is 0 Å². The van der Waals surface area contributed by atoms with E-state index in [0.29, 0.717) is 39.6 Å². The number of carboxylic acid groups (broad SMARTS) is 1. The summed E-state index contributed by atoms with van der Waals surface area (Å²) in [4.78, 5) is 76.5. The molecule has 6 rings (SSSR count). The third-order valence-corrected chi connectivity index (χ3v) is 13.3. The molecule has 3 aliphatic rings. The number of benzene rings is 1. The predicted octanol–water partition coefficient (Wildman–Crippen LogP) is 8.69. The van der Waals surface area contributed by atoms with Crippen LogP contribution in [0.3, 0.4) is 0 Å². The summed E-state index contributed by atoms with van der Waals surface area (Å²) >= 11 is 4.98. The van der Waals surface area contributed by atoms with Crippen LogP contribution in [0.15, 0.2) is 40.7 Å². The number of fused-ring (bicyclic) bond motifs is 1. The van der Waals surface area contributed by atoms with Gasteiger partial charge in [-0.1, -0.05) is 46.8 Å². The molecule has 3 fully saturated rings. The van der Waals surface area contributed by atoms with Crippen molar-refractivity contribution >= 4 is 72.8 Å². The van der Waals surface area contributed by atoms with E-state index in [1.165, 1.54) is 11.3 Å². The highest BCUT2D eigenvalue weighted by Gasteiger charge is 2.61. The monoisotopic (exact) mass is 850 g/mol. The van der Waals surface area contributed by atoms with Crippen molar-refractivity contribution in [3.8, 4) is 17.1 Å². The number of ketones is 2. The standard InChI is InChI=1S/C42H51BrN4O8S/c1-8-23-18-42(23,38(51)52)19-31(48)27-15-25(16-28(27)35(49)36(41(5,6)7)46-40(53)55-24-11-9-10-12-24)54-32-17-29(44-34-26(32)14-13-22(4)33(34)43)30-20-56-39(45-30)47-37(50)21(2)3/h8,13-14,17,20-21,23-25,27-28,36H,1,9-12,15-16,18-19H2,2-7H3,(H,46,53)(H,51,52)(H,45,47,50)/t23-,25-,27-,28?,36-,42-/m1/s1. The lowest BCUT2D eigenvalue weighted by Crippen LogP contribution is -2.52. The summed E-state index contributed by atoms with van der Waals surface area (Å²) < 4.78 is 13.2. The number of ether oxygens (including phenoxy) is 2. The van der Waals surface area contributed by atoms with Gasteiger partial charge >= 0.3 is 12.1 Å². The average Bonchev–Trinajstić information content (AvgIpc) is 3.55. The number of carbonyl (C=O) groups is 5. The van der Waals surface area contributed by atoms with Crippen LogP contribution in [0.4, 0.5) is 9.93 Å². The number of rotatable bonds is 14. The summed E-state index contributed by atoms with van der Waals surface area (Å²) in [6, 6.07) is 4.65. The highest BCUT2D eigenvalue weighted by atomic mass is 79.9. The van der Waals surface area contributed by atoms with E-state index in [2.05, 4.69) is 38.1 Å². The summed E-state index contributed by atoms with van der Waals surface area (Å²) in [5.41, 5.74) is 0.633. The van der Waals surface area contributed by atoms with E-state index in [4.69, 9.17) is 14.5 Å². The Balaban J connectivity index is 1.33. The number of allylic oxidation sites excluding steroid dienone is 1. The van der Waals surface area contributed by atoms with E-state index in [-0.39, 0.29) is 54.7 Å². The van der Waals surface area contributed by atoms with Gasteiger partial charge in [0.25, 0.3) is 0 Å². The Hall–Kier alpha value is -4.17. The van der Waals surface area contributed by atoms with Crippen molar-refractivity contribution in [2.24, 2.45) is 34.5 Å². The van der Waals surface area contributed by atoms with E-state index in [0.717, 1.165) is 35.7 Å². The van der Waals surface area contributed by atoms with Crippen LogP contribution in [0, 0.1) is 41.4 Å². The zero-order valence-electron chi connectivity index (χ0n) is 32.8. The Labute approximate surface area is 339 Å². The van der Waals surface area contributed by atoms with Gasteiger partial charge in [0.15, 0.2) is 10.9 Å². The molecule has 2 heterocycles. The van der Waals surface area contributed by atoms with Gasteiger partial charge in [0, 0.05) is 45.5 Å². The van der Waals surface area contributed by atoms with Gasteiger partial charge in [-0.2, -0.15) is 0 Å². The summed E-state index contributed by atoms with van der Waals surface area (Å²) in [5.74, 6) is -3.64. The Kier molecular flexibility index (Phi) is 12.1. The zero-order chi connectivity index (χ0) is 40.7. The minimum Gasteiger partial charge on any atom is -0.490 e. The fraction of sp³-hybridized carbons (Fsp3) is 0.548. The maximum Gasteiger partial charge on any atom is 0.408 e. The number of hydrogen-bond donors (Lipinski definition) is 3. The van der Waals surface area contributed by atoms with Crippen molar-refractivity contribution < 1.29 is 38.6 Å². The predicted molar refractivity (Wildman–Crippen MR) is 218 cm³/mol. The molecular formula is C42H51BrN4O8S. The average molecular weight is 852 g/mol. The topological polar surface area (TPSA) is 174 Å². The maximum absolute atomic E-state index is 14.7. The van der Waals surface area contributed by atoms with E-state index >= 15 is 0 Å². The minimum absolute atomic E-state index is 0.153. The number of amides is 2. The second-order valence-electron chi connectivity index (χ2n) is 17.0. The van der Waals surface area contributed by atoms with Crippen molar-refractivity contribution in [1.82, 2.24) is 15.3 Å². The number of nitrogens with one attached hydrogen (secondary N) is 2. The molecule has 12 nitrogen and oxygen atoms in total. The first-order chi connectivity index (χ1) is 26.4. The molecule has 1 unspecified atom stereocenters. The Morgan fingerprint density at radius 2 is 1.77 bits per heavy atom. The first-order valence-corrected chi connectivity index (χ1v) is 21.0. The Morgan fingerprint density at radius 3 is 2.39 bits per heavy atom. The van der Waals surface area contributed by atoms with Crippen LogP contribution in [-0.2, 0) is 23.9 Å². The van der Waals surface area contributed by atoms with E-state index in [9.17, 15) is 29.1 Å². The first kappa shape index (κ1) is 41.5. The van der Waals surface area contributed by atoms with Crippen LogP contribution < -0.4 is 15.4 Å². The van der Waals surface area contributed by atoms with Crippen molar-refractivity contribution in [3.63, 3.8) is 0 Å². The Bertz CT molecular complexity index is 2050. The third kappa shape index (κ3) is 8.70. The summed E-state index contributed by atoms with van der Waals surface area (Å²) in [5, 5.41) is 18.8. The van der Waals surface area contributed by atoms with Gasteiger partial charge in [0.1, 0.15) is 29.4 Å². The lowest BCUT2D eigenvalue weighted by atomic mass is 9.75. The minimum atomic E-state index is -1.25. The SMILES string of the molecule is C=C[C@@H]1C[C@]1(CC(=O)[C@@H]1C[C@@H](Oc2cc(-c3csc(NC(=O)C(C)C)n3)nc3c(Br)c(C)ccc23)CC1C(=O)[C@@H](NC(=O)OC1CCCC1)C(C)(C)C)C(=O)O. The lowest BCUT2D eigenvalue weighted by molar-refractivity contribution is -0.146.